The van der Waals surface area contributed by atoms with E-state index in [1.165, 1.54) is 0 Å². The molecule has 0 bridgehead atoms. The third-order valence-corrected chi connectivity index (χ3v) is 2.08. The molecule has 1 rings (SSSR count). The van der Waals surface area contributed by atoms with E-state index in [1.807, 2.05) is 0 Å². The highest BCUT2D eigenvalue weighted by molar-refractivity contribution is 5.87. The van der Waals surface area contributed by atoms with Gasteiger partial charge < -0.3 is 16.0 Å². The van der Waals surface area contributed by atoms with Crippen LogP contribution in [0.2, 0.25) is 0 Å². The normalized spacial score (nSPS) is 21.2. The summed E-state index contributed by atoms with van der Waals surface area (Å²) in [6.45, 7) is 0.950. The van der Waals surface area contributed by atoms with Crippen LogP contribution in [0.5, 0.6) is 0 Å². The standard InChI is InChI=1S/C8H15N3O2/c1-9-7(12)5-11-8(13)6-3-2-4-10-6/h6,10H,2-5H2,1H3,(H,9,12)(H,11,13)/t6-/m0/s1. The van der Waals surface area contributed by atoms with Crippen molar-refractivity contribution < 1.29 is 9.59 Å². The molecule has 1 fully saturated rings. The van der Waals surface area contributed by atoms with Gasteiger partial charge in [0, 0.05) is 7.05 Å². The highest BCUT2D eigenvalue weighted by Crippen LogP contribution is 2.03. The minimum Gasteiger partial charge on any atom is -0.358 e. The summed E-state index contributed by atoms with van der Waals surface area (Å²) in [6, 6.07) is -0.107. The van der Waals surface area contributed by atoms with Crippen LogP contribution in [0.15, 0.2) is 0 Å². The fourth-order valence-electron chi connectivity index (χ4n) is 1.29. The molecule has 13 heavy (non-hydrogen) atoms. The first-order valence-electron chi connectivity index (χ1n) is 4.45. The lowest BCUT2D eigenvalue weighted by atomic mass is 10.2. The minimum absolute atomic E-state index is 0.0630. The van der Waals surface area contributed by atoms with Crippen molar-refractivity contribution in [2.75, 3.05) is 20.1 Å². The van der Waals surface area contributed by atoms with Crippen molar-refractivity contribution in [3.8, 4) is 0 Å². The highest BCUT2D eigenvalue weighted by Gasteiger charge is 2.21. The van der Waals surface area contributed by atoms with E-state index in [4.69, 9.17) is 0 Å². The highest BCUT2D eigenvalue weighted by atomic mass is 16.2. The van der Waals surface area contributed by atoms with Gasteiger partial charge >= 0.3 is 0 Å². The number of carbonyl (C=O) groups excluding carboxylic acids is 2. The number of carbonyl (C=O) groups is 2. The van der Waals surface area contributed by atoms with Gasteiger partial charge in [-0.15, -0.1) is 0 Å². The first kappa shape index (κ1) is 9.98. The number of likely N-dealkylation sites (N-methyl/N-ethyl adjacent to an activating group) is 1. The molecule has 0 aromatic heterocycles. The topological polar surface area (TPSA) is 70.2 Å². The number of amides is 2. The van der Waals surface area contributed by atoms with E-state index < -0.39 is 0 Å². The fourth-order valence-corrected chi connectivity index (χ4v) is 1.29. The van der Waals surface area contributed by atoms with Crippen molar-refractivity contribution in [3.63, 3.8) is 0 Å². The minimum atomic E-state index is -0.175. The maximum atomic E-state index is 11.3. The van der Waals surface area contributed by atoms with Gasteiger partial charge in [-0.1, -0.05) is 0 Å². The van der Waals surface area contributed by atoms with Crippen molar-refractivity contribution in [1.29, 1.82) is 0 Å². The predicted octanol–water partition coefficient (Wildman–Crippen LogP) is -1.40. The molecule has 2 amide bonds. The van der Waals surface area contributed by atoms with Gasteiger partial charge in [0.25, 0.3) is 0 Å². The Morgan fingerprint density at radius 3 is 2.85 bits per heavy atom. The lowest BCUT2D eigenvalue weighted by Gasteiger charge is -2.09. The van der Waals surface area contributed by atoms with E-state index in [1.54, 1.807) is 7.05 Å². The summed E-state index contributed by atoms with van der Waals surface area (Å²) >= 11 is 0. The lowest BCUT2D eigenvalue weighted by molar-refractivity contribution is -0.126. The predicted molar refractivity (Wildman–Crippen MR) is 48.1 cm³/mol. The van der Waals surface area contributed by atoms with Crippen LogP contribution in [0.1, 0.15) is 12.8 Å². The van der Waals surface area contributed by atoms with Gasteiger partial charge in [-0.25, -0.2) is 0 Å². The molecule has 0 saturated carbocycles. The van der Waals surface area contributed by atoms with Gasteiger partial charge in [-0.2, -0.15) is 0 Å². The van der Waals surface area contributed by atoms with Gasteiger partial charge in [-0.3, -0.25) is 9.59 Å². The molecule has 3 N–H and O–H groups in total. The van der Waals surface area contributed by atoms with Crippen LogP contribution in [-0.4, -0.2) is 38.0 Å². The molecule has 1 atom stereocenters. The van der Waals surface area contributed by atoms with Crippen molar-refractivity contribution in [2.45, 2.75) is 18.9 Å². The van der Waals surface area contributed by atoms with Crippen molar-refractivity contribution in [2.24, 2.45) is 0 Å². The van der Waals surface area contributed by atoms with Crippen LogP contribution >= 0.6 is 0 Å². The van der Waals surface area contributed by atoms with Crippen molar-refractivity contribution >= 4 is 11.8 Å². The Balaban J connectivity index is 2.20. The van der Waals surface area contributed by atoms with Crippen LogP contribution in [0.4, 0.5) is 0 Å². The zero-order valence-electron chi connectivity index (χ0n) is 7.72. The summed E-state index contributed by atoms with van der Waals surface area (Å²) < 4.78 is 0. The maximum Gasteiger partial charge on any atom is 0.239 e. The molecule has 0 radical (unpaired) electrons. The molecule has 1 aliphatic rings. The molecule has 74 valence electrons. The molecule has 0 aromatic carbocycles. The molecule has 5 nitrogen and oxygen atoms in total. The Labute approximate surface area is 77.3 Å². The van der Waals surface area contributed by atoms with E-state index >= 15 is 0 Å². The van der Waals surface area contributed by atoms with Crippen LogP contribution in [0, 0.1) is 0 Å². The smallest absolute Gasteiger partial charge is 0.239 e. The quantitative estimate of drug-likeness (QED) is 0.506. The van der Waals surface area contributed by atoms with E-state index in [0.717, 1.165) is 19.4 Å². The Hall–Kier alpha value is -1.10. The van der Waals surface area contributed by atoms with Crippen LogP contribution in [0.3, 0.4) is 0 Å². The molecule has 0 spiro atoms. The molecule has 1 saturated heterocycles. The third-order valence-electron chi connectivity index (χ3n) is 2.08. The summed E-state index contributed by atoms with van der Waals surface area (Å²) in [5.74, 6) is -0.257. The molecule has 1 heterocycles. The number of hydrogen-bond donors (Lipinski definition) is 3. The Kier molecular flexibility index (Phi) is 3.70. The average molecular weight is 185 g/mol. The van der Waals surface area contributed by atoms with Gasteiger partial charge in [-0.05, 0) is 19.4 Å². The number of hydrogen-bond acceptors (Lipinski definition) is 3. The van der Waals surface area contributed by atoms with E-state index in [-0.39, 0.29) is 24.4 Å². The van der Waals surface area contributed by atoms with Crippen LogP contribution < -0.4 is 16.0 Å². The summed E-state index contributed by atoms with van der Waals surface area (Å²) in [5, 5.41) is 8.05. The monoisotopic (exact) mass is 185 g/mol. The second kappa shape index (κ2) is 4.81. The van der Waals surface area contributed by atoms with Gasteiger partial charge in [0.2, 0.25) is 11.8 Å². The van der Waals surface area contributed by atoms with Crippen molar-refractivity contribution in [1.82, 2.24) is 16.0 Å². The van der Waals surface area contributed by atoms with Crippen LogP contribution in [0.25, 0.3) is 0 Å². The summed E-state index contributed by atoms with van der Waals surface area (Å²) in [6.07, 6.45) is 1.89. The average Bonchev–Trinajstić information content (AvgIpc) is 2.66. The first-order chi connectivity index (χ1) is 6.24. The Bertz CT molecular complexity index is 200. The third kappa shape index (κ3) is 3.02. The summed E-state index contributed by atoms with van der Waals surface area (Å²) in [7, 11) is 1.54. The number of rotatable bonds is 3. The molecule has 0 aliphatic carbocycles. The second-order valence-electron chi connectivity index (χ2n) is 3.04. The largest absolute Gasteiger partial charge is 0.358 e. The summed E-state index contributed by atoms with van der Waals surface area (Å²) in [4.78, 5) is 22.1. The van der Waals surface area contributed by atoms with Gasteiger partial charge in [0.1, 0.15) is 0 Å². The Morgan fingerprint density at radius 2 is 2.31 bits per heavy atom. The molecular weight excluding hydrogens is 170 g/mol. The van der Waals surface area contributed by atoms with Gasteiger partial charge in [0.05, 0.1) is 12.6 Å². The maximum absolute atomic E-state index is 11.3. The molecule has 0 unspecified atom stereocenters. The van der Waals surface area contributed by atoms with Crippen molar-refractivity contribution in [3.05, 3.63) is 0 Å². The zero-order valence-corrected chi connectivity index (χ0v) is 7.72. The second-order valence-corrected chi connectivity index (χ2v) is 3.04. The molecule has 1 aliphatic heterocycles. The first-order valence-corrected chi connectivity index (χ1v) is 4.45. The fraction of sp³-hybridized carbons (Fsp3) is 0.750. The Morgan fingerprint density at radius 1 is 1.54 bits per heavy atom. The molecule has 5 heteroatoms. The molecular formula is C8H15N3O2. The number of nitrogens with one attached hydrogen (secondary N) is 3. The van der Waals surface area contributed by atoms with Crippen LogP contribution in [-0.2, 0) is 9.59 Å². The summed E-state index contributed by atoms with van der Waals surface area (Å²) in [5.41, 5.74) is 0. The van der Waals surface area contributed by atoms with E-state index in [0.29, 0.717) is 0 Å². The lowest BCUT2D eigenvalue weighted by Crippen LogP contribution is -2.44. The van der Waals surface area contributed by atoms with Gasteiger partial charge in [0.15, 0.2) is 0 Å². The SMILES string of the molecule is CNC(=O)CNC(=O)[C@@H]1CCCN1. The van der Waals surface area contributed by atoms with E-state index in [2.05, 4.69) is 16.0 Å². The molecule has 0 aromatic rings. The van der Waals surface area contributed by atoms with E-state index in [9.17, 15) is 9.59 Å². The zero-order chi connectivity index (χ0) is 9.68.